The minimum atomic E-state index is -4.08. The zero-order chi connectivity index (χ0) is 29.5. The number of nitrogens with one attached hydrogen (secondary N) is 1. The fourth-order valence-electron chi connectivity index (χ4n) is 4.65. The quantitative estimate of drug-likeness (QED) is 0.302. The largest absolute Gasteiger partial charge is 0.497 e. The van der Waals surface area contributed by atoms with Gasteiger partial charge in [-0.05, 0) is 47.5 Å². The first-order valence-corrected chi connectivity index (χ1v) is 14.8. The van der Waals surface area contributed by atoms with E-state index in [1.807, 2.05) is 48.5 Å². The van der Waals surface area contributed by atoms with Crippen LogP contribution in [0.4, 0.5) is 5.69 Å². The monoisotopic (exact) mass is 585 g/mol. The van der Waals surface area contributed by atoms with Gasteiger partial charge in [0.1, 0.15) is 11.5 Å². The minimum absolute atomic E-state index is 0.0199. The van der Waals surface area contributed by atoms with Crippen LogP contribution in [0.25, 0.3) is 0 Å². The highest BCUT2D eigenvalue weighted by molar-refractivity contribution is 7.89. The number of benzene rings is 4. The van der Waals surface area contributed by atoms with Crippen molar-refractivity contribution >= 4 is 27.5 Å². The van der Waals surface area contributed by atoms with E-state index in [1.165, 1.54) is 24.1 Å². The van der Waals surface area contributed by atoms with Gasteiger partial charge in [0.15, 0.2) is 6.10 Å². The fraction of sp³-hybridized carbons (Fsp3) is 0.188. The van der Waals surface area contributed by atoms with Crippen LogP contribution in [0.3, 0.4) is 0 Å². The van der Waals surface area contributed by atoms with E-state index in [4.69, 9.17) is 9.47 Å². The molecular formula is C32H31N3O6S. The summed E-state index contributed by atoms with van der Waals surface area (Å²) in [5.41, 5.74) is 2.12. The molecule has 4 aromatic carbocycles. The van der Waals surface area contributed by atoms with Gasteiger partial charge in [0.25, 0.3) is 5.91 Å². The summed E-state index contributed by atoms with van der Waals surface area (Å²) in [6, 6.07) is 31.5. The second kappa shape index (κ2) is 12.9. The SMILES string of the molecule is COc1ccc(S(=O)(=O)N(CC(=O)N2CC(C(=O)NCc3ccccc3)Oc3ccccc32)Cc2ccccc2)cc1. The van der Waals surface area contributed by atoms with Crippen molar-refractivity contribution in [3.63, 3.8) is 0 Å². The molecule has 0 aromatic heterocycles. The van der Waals surface area contributed by atoms with Crippen LogP contribution in [0.2, 0.25) is 0 Å². The van der Waals surface area contributed by atoms with Crippen molar-refractivity contribution in [3.8, 4) is 11.5 Å². The van der Waals surface area contributed by atoms with Crippen LogP contribution >= 0.6 is 0 Å². The van der Waals surface area contributed by atoms with Gasteiger partial charge in [-0.15, -0.1) is 0 Å². The van der Waals surface area contributed by atoms with Gasteiger partial charge < -0.3 is 19.7 Å². The number of carbonyl (C=O) groups excluding carboxylic acids is 2. The Bertz CT molecular complexity index is 1630. The minimum Gasteiger partial charge on any atom is -0.497 e. The number of hydrogen-bond donors (Lipinski definition) is 1. The molecule has 2 amide bonds. The molecule has 4 aromatic rings. The first kappa shape index (κ1) is 28.8. The van der Waals surface area contributed by atoms with Gasteiger partial charge >= 0.3 is 0 Å². The molecule has 216 valence electrons. The molecule has 0 aliphatic carbocycles. The lowest BCUT2D eigenvalue weighted by molar-refractivity contribution is -0.128. The predicted molar refractivity (Wildman–Crippen MR) is 159 cm³/mol. The van der Waals surface area contributed by atoms with Gasteiger partial charge in [0.2, 0.25) is 15.9 Å². The van der Waals surface area contributed by atoms with E-state index in [9.17, 15) is 18.0 Å². The highest BCUT2D eigenvalue weighted by Gasteiger charge is 2.36. The van der Waals surface area contributed by atoms with Crippen molar-refractivity contribution in [2.45, 2.75) is 24.1 Å². The smallest absolute Gasteiger partial charge is 0.263 e. The molecule has 1 N–H and O–H groups in total. The maximum absolute atomic E-state index is 13.9. The van der Waals surface area contributed by atoms with Gasteiger partial charge in [0, 0.05) is 13.1 Å². The molecule has 10 heteroatoms. The maximum atomic E-state index is 13.9. The molecule has 9 nitrogen and oxygen atoms in total. The molecule has 1 atom stereocenters. The van der Waals surface area contributed by atoms with E-state index >= 15 is 0 Å². The zero-order valence-corrected chi connectivity index (χ0v) is 23.9. The third-order valence-corrected chi connectivity index (χ3v) is 8.69. The van der Waals surface area contributed by atoms with Crippen LogP contribution < -0.4 is 19.7 Å². The Kier molecular flexibility index (Phi) is 8.85. The van der Waals surface area contributed by atoms with E-state index in [0.717, 1.165) is 15.4 Å². The Morgan fingerprint density at radius 1 is 0.881 bits per heavy atom. The number of para-hydroxylation sites is 2. The number of carbonyl (C=O) groups is 2. The molecule has 42 heavy (non-hydrogen) atoms. The van der Waals surface area contributed by atoms with Crippen molar-refractivity contribution < 1.29 is 27.5 Å². The summed E-state index contributed by atoms with van der Waals surface area (Å²) < 4.78 is 39.9. The summed E-state index contributed by atoms with van der Waals surface area (Å²) in [4.78, 5) is 28.5. The van der Waals surface area contributed by atoms with Gasteiger partial charge in [-0.25, -0.2) is 8.42 Å². The predicted octanol–water partition coefficient (Wildman–Crippen LogP) is 4.00. The van der Waals surface area contributed by atoms with Crippen LogP contribution in [-0.4, -0.2) is 50.8 Å². The molecule has 0 saturated heterocycles. The molecule has 0 spiro atoms. The van der Waals surface area contributed by atoms with Crippen molar-refractivity contribution in [1.29, 1.82) is 0 Å². The van der Waals surface area contributed by atoms with E-state index in [0.29, 0.717) is 23.7 Å². The van der Waals surface area contributed by atoms with E-state index in [2.05, 4.69) is 5.32 Å². The standard InChI is InChI=1S/C32H31N3O6S/c1-40-26-16-18-27(19-17-26)42(38,39)34(21-25-12-6-3-7-13-25)23-31(36)35-22-30(41-29-15-9-8-14-28(29)35)32(37)33-20-24-10-4-2-5-11-24/h2-19,30H,20-23H2,1H3,(H,33,37). The fourth-order valence-corrected chi connectivity index (χ4v) is 6.03. The number of anilines is 1. The molecule has 0 bridgehead atoms. The number of hydrogen-bond acceptors (Lipinski definition) is 6. The highest BCUT2D eigenvalue weighted by atomic mass is 32.2. The average Bonchev–Trinajstić information content (AvgIpc) is 3.03. The third kappa shape index (κ3) is 6.62. The summed E-state index contributed by atoms with van der Waals surface area (Å²) in [6.07, 6.45) is -0.978. The Morgan fingerprint density at radius 3 is 2.17 bits per heavy atom. The van der Waals surface area contributed by atoms with Gasteiger partial charge in [0.05, 0.1) is 30.8 Å². The Labute approximate surface area is 245 Å². The number of nitrogens with zero attached hydrogens (tertiary/aromatic N) is 2. The number of rotatable bonds is 10. The average molecular weight is 586 g/mol. The second-order valence-corrected chi connectivity index (χ2v) is 11.7. The zero-order valence-electron chi connectivity index (χ0n) is 23.1. The Hall–Kier alpha value is -4.67. The molecule has 1 heterocycles. The molecule has 0 saturated carbocycles. The topological polar surface area (TPSA) is 105 Å². The summed E-state index contributed by atoms with van der Waals surface area (Å²) in [7, 11) is -2.59. The van der Waals surface area contributed by atoms with E-state index < -0.39 is 28.6 Å². The summed E-state index contributed by atoms with van der Waals surface area (Å²) >= 11 is 0. The first-order valence-electron chi connectivity index (χ1n) is 13.4. The summed E-state index contributed by atoms with van der Waals surface area (Å²) in [5.74, 6) is 0.0171. The number of ether oxygens (including phenoxy) is 2. The normalized spacial score (nSPS) is 14.5. The molecule has 1 aliphatic heterocycles. The highest BCUT2D eigenvalue weighted by Crippen LogP contribution is 2.34. The van der Waals surface area contributed by atoms with Crippen LogP contribution in [0.15, 0.2) is 114 Å². The van der Waals surface area contributed by atoms with Crippen LogP contribution in [0.1, 0.15) is 11.1 Å². The van der Waals surface area contributed by atoms with Crippen LogP contribution in [0, 0.1) is 0 Å². The van der Waals surface area contributed by atoms with E-state index in [-0.39, 0.29) is 23.9 Å². The Balaban J connectivity index is 1.40. The number of amides is 2. The lowest BCUT2D eigenvalue weighted by Crippen LogP contribution is -2.52. The van der Waals surface area contributed by atoms with Gasteiger partial charge in [-0.1, -0.05) is 72.8 Å². The molecule has 1 unspecified atom stereocenters. The Morgan fingerprint density at radius 2 is 1.50 bits per heavy atom. The van der Waals surface area contributed by atoms with Crippen molar-refractivity contribution in [2.24, 2.45) is 0 Å². The summed E-state index contributed by atoms with van der Waals surface area (Å²) in [6.45, 7) is -0.234. The van der Waals surface area contributed by atoms with Gasteiger partial charge in [-0.2, -0.15) is 4.31 Å². The third-order valence-electron chi connectivity index (χ3n) is 6.89. The van der Waals surface area contributed by atoms with Crippen molar-refractivity contribution in [1.82, 2.24) is 9.62 Å². The molecule has 0 radical (unpaired) electrons. The van der Waals surface area contributed by atoms with Gasteiger partial charge in [-0.3, -0.25) is 9.59 Å². The van der Waals surface area contributed by atoms with Crippen molar-refractivity contribution in [3.05, 3.63) is 120 Å². The number of methoxy groups -OCH3 is 1. The second-order valence-electron chi connectivity index (χ2n) is 9.72. The summed E-state index contributed by atoms with van der Waals surface area (Å²) in [5, 5.41) is 2.87. The lowest BCUT2D eigenvalue weighted by Gasteiger charge is -2.35. The lowest BCUT2D eigenvalue weighted by atomic mass is 10.1. The molecule has 5 rings (SSSR count). The van der Waals surface area contributed by atoms with Crippen molar-refractivity contribution in [2.75, 3.05) is 25.1 Å². The molecule has 0 fully saturated rings. The molecular weight excluding hydrogens is 554 g/mol. The van der Waals surface area contributed by atoms with Crippen LogP contribution in [-0.2, 0) is 32.7 Å². The number of sulfonamides is 1. The first-order chi connectivity index (χ1) is 20.3. The van der Waals surface area contributed by atoms with E-state index in [1.54, 1.807) is 48.5 Å². The number of fused-ring (bicyclic) bond motifs is 1. The van der Waals surface area contributed by atoms with Crippen LogP contribution in [0.5, 0.6) is 11.5 Å². The molecule has 1 aliphatic rings. The maximum Gasteiger partial charge on any atom is 0.263 e.